The van der Waals surface area contributed by atoms with Crippen LogP contribution in [0.5, 0.6) is 0 Å². The summed E-state index contributed by atoms with van der Waals surface area (Å²) in [5, 5.41) is 12.5. The van der Waals surface area contributed by atoms with Gasteiger partial charge in [0.2, 0.25) is 0 Å². The topological polar surface area (TPSA) is 127 Å². The Kier molecular flexibility index (Phi) is 4.91. The first-order valence-corrected chi connectivity index (χ1v) is 10.1. The first kappa shape index (κ1) is 19.9. The van der Waals surface area contributed by atoms with Crippen LogP contribution in [0.25, 0.3) is 23.0 Å². The van der Waals surface area contributed by atoms with Crippen molar-refractivity contribution in [2.24, 2.45) is 0 Å². The number of methoxy groups -OCH3 is 1. The molecule has 1 aliphatic carbocycles. The molecule has 2 aliphatic rings. The van der Waals surface area contributed by atoms with Crippen LogP contribution in [0.1, 0.15) is 28.8 Å². The van der Waals surface area contributed by atoms with Crippen molar-refractivity contribution >= 4 is 35.3 Å². The van der Waals surface area contributed by atoms with Crippen molar-refractivity contribution in [1.82, 2.24) is 25.2 Å². The molecule has 32 heavy (non-hydrogen) atoms. The van der Waals surface area contributed by atoms with Crippen LogP contribution in [0.2, 0.25) is 0 Å². The Balaban J connectivity index is 1.61. The summed E-state index contributed by atoms with van der Waals surface area (Å²) in [6, 6.07) is 8.88. The average molecular weight is 432 g/mol. The fourth-order valence-corrected chi connectivity index (χ4v) is 3.47. The zero-order valence-electron chi connectivity index (χ0n) is 17.2. The number of nitrogens with zero attached hydrogens (tertiary/aromatic N) is 3. The number of Topliss-reactive ketones (excluding diaryl/α,β-unsaturated/α-hetero) is 1. The highest BCUT2D eigenvalue weighted by Crippen LogP contribution is 2.29. The van der Waals surface area contributed by atoms with Gasteiger partial charge in [-0.05, 0) is 25.0 Å². The van der Waals surface area contributed by atoms with E-state index in [0.717, 1.165) is 24.2 Å². The summed E-state index contributed by atoms with van der Waals surface area (Å²) in [4.78, 5) is 40.4. The van der Waals surface area contributed by atoms with Crippen LogP contribution in [0, 0.1) is 0 Å². The molecule has 0 atom stereocenters. The Bertz CT molecular complexity index is 1290. The van der Waals surface area contributed by atoms with Crippen LogP contribution in [0.15, 0.2) is 42.2 Å². The minimum absolute atomic E-state index is 0.00146. The molecule has 0 spiro atoms. The first-order chi connectivity index (χ1) is 15.5. The largest absolute Gasteiger partial charge is 0.377 e. The van der Waals surface area contributed by atoms with Gasteiger partial charge in [-0.2, -0.15) is 9.61 Å². The summed E-state index contributed by atoms with van der Waals surface area (Å²) in [6.07, 6.45) is 5.28. The molecule has 1 saturated heterocycles. The lowest BCUT2D eigenvalue weighted by atomic mass is 10.0. The summed E-state index contributed by atoms with van der Waals surface area (Å²) in [6.45, 7) is -0.00146. The Morgan fingerprint density at radius 2 is 2.12 bits per heavy atom. The lowest BCUT2D eigenvalue weighted by Crippen LogP contribution is -2.22. The standard InChI is InChI=1S/C22H20N6O4/c1-32-11-18(29)13-4-2-3-12(7-13)16-9-19(24-15-5-6-15)28-20(25-16)14(10-23-28)8-17-21(30)27-22(31)26-17/h2-4,7-10,15,24H,5-6,11H2,1H3,(H2,26,27,30,31)/b17-8-. The van der Waals surface area contributed by atoms with E-state index in [9.17, 15) is 14.4 Å². The van der Waals surface area contributed by atoms with Crippen molar-refractivity contribution in [2.75, 3.05) is 19.0 Å². The maximum atomic E-state index is 12.3. The summed E-state index contributed by atoms with van der Waals surface area (Å²) in [5.74, 6) is 0.126. The molecule has 0 bridgehead atoms. The van der Waals surface area contributed by atoms with E-state index in [0.29, 0.717) is 28.5 Å². The second kappa shape index (κ2) is 7.89. The third-order valence-electron chi connectivity index (χ3n) is 5.20. The Labute approximate surface area is 182 Å². The molecule has 3 N–H and O–H groups in total. The number of nitrogens with one attached hydrogen (secondary N) is 3. The van der Waals surface area contributed by atoms with Gasteiger partial charge in [0.05, 0.1) is 11.9 Å². The van der Waals surface area contributed by atoms with Crippen LogP contribution >= 0.6 is 0 Å². The van der Waals surface area contributed by atoms with E-state index in [1.54, 1.807) is 35.0 Å². The van der Waals surface area contributed by atoms with Gasteiger partial charge in [-0.1, -0.05) is 18.2 Å². The molecule has 1 saturated carbocycles. The molecular formula is C22H20N6O4. The van der Waals surface area contributed by atoms with Gasteiger partial charge in [-0.15, -0.1) is 0 Å². The molecule has 3 heterocycles. The predicted octanol–water partition coefficient (Wildman–Crippen LogP) is 1.98. The van der Waals surface area contributed by atoms with Crippen molar-refractivity contribution in [2.45, 2.75) is 18.9 Å². The number of benzene rings is 1. The van der Waals surface area contributed by atoms with Crippen LogP contribution in [-0.2, 0) is 9.53 Å². The minimum atomic E-state index is -0.569. The van der Waals surface area contributed by atoms with E-state index in [-0.39, 0.29) is 18.1 Å². The lowest BCUT2D eigenvalue weighted by molar-refractivity contribution is -0.115. The van der Waals surface area contributed by atoms with Gasteiger partial charge < -0.3 is 15.4 Å². The molecule has 2 aromatic heterocycles. The van der Waals surface area contributed by atoms with Crippen LogP contribution in [-0.4, -0.2) is 52.1 Å². The van der Waals surface area contributed by atoms with Gasteiger partial charge in [0.25, 0.3) is 5.91 Å². The number of anilines is 1. The Morgan fingerprint density at radius 3 is 2.84 bits per heavy atom. The lowest BCUT2D eigenvalue weighted by Gasteiger charge is -2.11. The molecule has 0 unspecified atom stereocenters. The summed E-state index contributed by atoms with van der Waals surface area (Å²) < 4.78 is 6.63. The maximum absolute atomic E-state index is 12.3. The molecule has 10 heteroatoms. The summed E-state index contributed by atoms with van der Waals surface area (Å²) in [5.41, 5.74) is 3.16. The number of amides is 3. The van der Waals surface area contributed by atoms with E-state index < -0.39 is 11.9 Å². The highest BCUT2D eigenvalue weighted by atomic mass is 16.5. The summed E-state index contributed by atoms with van der Waals surface area (Å²) in [7, 11) is 1.48. The van der Waals surface area contributed by atoms with Crippen molar-refractivity contribution in [3.05, 3.63) is 53.4 Å². The number of hydrogen-bond donors (Lipinski definition) is 3. The molecule has 0 radical (unpaired) electrons. The molecule has 5 rings (SSSR count). The molecule has 2 fully saturated rings. The van der Waals surface area contributed by atoms with Crippen LogP contribution < -0.4 is 16.0 Å². The molecule has 3 aromatic rings. The Hall–Kier alpha value is -4.05. The quantitative estimate of drug-likeness (QED) is 0.296. The van der Waals surface area contributed by atoms with Crippen molar-refractivity contribution in [3.63, 3.8) is 0 Å². The van der Waals surface area contributed by atoms with E-state index in [2.05, 4.69) is 21.0 Å². The van der Waals surface area contributed by atoms with Gasteiger partial charge in [0, 0.05) is 35.9 Å². The number of urea groups is 1. The number of ether oxygens (including phenoxy) is 1. The van der Waals surface area contributed by atoms with Gasteiger partial charge >= 0.3 is 6.03 Å². The average Bonchev–Trinajstić information content (AvgIpc) is 3.42. The van der Waals surface area contributed by atoms with Crippen LogP contribution in [0.3, 0.4) is 0 Å². The Morgan fingerprint density at radius 1 is 1.28 bits per heavy atom. The molecule has 10 nitrogen and oxygen atoms in total. The van der Waals surface area contributed by atoms with Crippen LogP contribution in [0.4, 0.5) is 10.6 Å². The van der Waals surface area contributed by atoms with Gasteiger partial charge in [0.15, 0.2) is 11.4 Å². The van der Waals surface area contributed by atoms with Gasteiger partial charge in [-0.3, -0.25) is 14.9 Å². The third kappa shape index (κ3) is 3.83. The zero-order valence-corrected chi connectivity index (χ0v) is 17.2. The second-order valence-electron chi connectivity index (χ2n) is 7.68. The number of carbonyl (C=O) groups excluding carboxylic acids is 3. The van der Waals surface area contributed by atoms with Gasteiger partial charge in [-0.25, -0.2) is 9.78 Å². The van der Waals surface area contributed by atoms with E-state index >= 15 is 0 Å². The number of hydrogen-bond acceptors (Lipinski definition) is 7. The highest BCUT2D eigenvalue weighted by Gasteiger charge is 2.25. The number of imide groups is 1. The maximum Gasteiger partial charge on any atom is 0.326 e. The fourth-order valence-electron chi connectivity index (χ4n) is 3.47. The SMILES string of the molecule is COCC(=O)c1cccc(-c2cc(NC3CC3)n3ncc(/C=C4\NC(=O)NC4=O)c3n2)c1. The van der Waals surface area contributed by atoms with E-state index in [1.165, 1.54) is 7.11 Å². The van der Waals surface area contributed by atoms with E-state index in [4.69, 9.17) is 9.72 Å². The molecule has 1 aliphatic heterocycles. The third-order valence-corrected chi connectivity index (χ3v) is 5.20. The summed E-state index contributed by atoms with van der Waals surface area (Å²) >= 11 is 0. The predicted molar refractivity (Wildman–Crippen MR) is 116 cm³/mol. The minimum Gasteiger partial charge on any atom is -0.377 e. The normalized spacial score (nSPS) is 17.0. The number of rotatable bonds is 7. The molecule has 3 amide bonds. The van der Waals surface area contributed by atoms with Gasteiger partial charge in [0.1, 0.15) is 18.1 Å². The highest BCUT2D eigenvalue weighted by molar-refractivity contribution is 6.14. The first-order valence-electron chi connectivity index (χ1n) is 10.1. The molecular weight excluding hydrogens is 412 g/mol. The zero-order chi connectivity index (χ0) is 22.2. The molecule has 1 aromatic carbocycles. The number of aromatic nitrogens is 3. The number of carbonyl (C=O) groups is 3. The number of ketones is 1. The number of fused-ring (bicyclic) bond motifs is 1. The van der Waals surface area contributed by atoms with Crippen molar-refractivity contribution in [3.8, 4) is 11.3 Å². The molecule has 162 valence electrons. The van der Waals surface area contributed by atoms with Crippen molar-refractivity contribution in [1.29, 1.82) is 0 Å². The second-order valence-corrected chi connectivity index (χ2v) is 7.68. The van der Waals surface area contributed by atoms with E-state index in [1.807, 2.05) is 12.1 Å². The smallest absolute Gasteiger partial charge is 0.326 e. The fraction of sp³-hybridized carbons (Fsp3) is 0.227. The van der Waals surface area contributed by atoms with Crippen molar-refractivity contribution < 1.29 is 19.1 Å². The monoisotopic (exact) mass is 432 g/mol.